The van der Waals surface area contributed by atoms with E-state index in [-0.39, 0.29) is 0 Å². The van der Waals surface area contributed by atoms with Gasteiger partial charge in [-0.1, -0.05) is 6.08 Å². The Balaban J connectivity index is 2.57. The average Bonchev–Trinajstić information content (AvgIpc) is 2.34. The lowest BCUT2D eigenvalue weighted by molar-refractivity contribution is 0.667. The molecule has 0 amide bonds. The Labute approximate surface area is 59.4 Å². The van der Waals surface area contributed by atoms with Crippen LogP contribution < -0.4 is 0 Å². The highest BCUT2D eigenvalue weighted by Gasteiger charge is 2.06. The molecule has 0 N–H and O–H groups in total. The van der Waals surface area contributed by atoms with Gasteiger partial charge in [-0.15, -0.1) is 10.2 Å². The molecule has 0 fully saturated rings. The summed E-state index contributed by atoms with van der Waals surface area (Å²) in [4.78, 5) is 0. The van der Waals surface area contributed by atoms with Crippen LogP contribution in [0.15, 0.2) is 6.08 Å². The van der Waals surface area contributed by atoms with Crippen molar-refractivity contribution in [3.8, 4) is 0 Å². The third-order valence-corrected chi connectivity index (χ3v) is 1.75. The first-order valence-corrected chi connectivity index (χ1v) is 3.44. The van der Waals surface area contributed by atoms with Gasteiger partial charge in [-0.2, -0.15) is 0 Å². The molecule has 1 aliphatic heterocycles. The second-order valence-electron chi connectivity index (χ2n) is 2.45. The summed E-state index contributed by atoms with van der Waals surface area (Å²) >= 11 is 0. The van der Waals surface area contributed by atoms with Gasteiger partial charge in [0, 0.05) is 6.54 Å². The maximum Gasteiger partial charge on any atom is 0.156 e. The van der Waals surface area contributed by atoms with Crippen LogP contribution in [0.4, 0.5) is 0 Å². The molecule has 0 atom stereocenters. The second-order valence-corrected chi connectivity index (χ2v) is 2.45. The van der Waals surface area contributed by atoms with Gasteiger partial charge < -0.3 is 4.57 Å². The van der Waals surface area contributed by atoms with E-state index in [9.17, 15) is 0 Å². The van der Waals surface area contributed by atoms with Crippen LogP contribution in [0, 0.1) is 6.92 Å². The Bertz CT molecular complexity index is 272. The molecule has 3 heteroatoms. The molecule has 2 heterocycles. The SMILES string of the molecule is Cc1nnc2n1CCC=C2. The number of fused-ring (bicyclic) bond motifs is 1. The van der Waals surface area contributed by atoms with Crippen LogP contribution in [0.5, 0.6) is 0 Å². The van der Waals surface area contributed by atoms with Crippen LogP contribution in [0.1, 0.15) is 18.1 Å². The third kappa shape index (κ3) is 0.667. The Hall–Kier alpha value is -1.12. The highest BCUT2D eigenvalue weighted by atomic mass is 15.3. The van der Waals surface area contributed by atoms with E-state index >= 15 is 0 Å². The maximum absolute atomic E-state index is 3.98. The number of aryl methyl sites for hydroxylation is 1. The highest BCUT2D eigenvalue weighted by molar-refractivity contribution is 5.41. The molecule has 0 aliphatic carbocycles. The smallest absolute Gasteiger partial charge is 0.156 e. The predicted molar refractivity (Wildman–Crippen MR) is 38.4 cm³/mol. The summed E-state index contributed by atoms with van der Waals surface area (Å²) in [7, 11) is 0. The van der Waals surface area contributed by atoms with Crippen molar-refractivity contribution in [2.24, 2.45) is 0 Å². The molecule has 0 unspecified atom stereocenters. The Morgan fingerprint density at radius 1 is 1.50 bits per heavy atom. The molecule has 2 rings (SSSR count). The molecule has 1 aromatic rings. The largest absolute Gasteiger partial charge is 0.311 e. The average molecular weight is 135 g/mol. The molecule has 10 heavy (non-hydrogen) atoms. The number of hydrogen-bond acceptors (Lipinski definition) is 2. The Morgan fingerprint density at radius 3 is 3.20 bits per heavy atom. The summed E-state index contributed by atoms with van der Waals surface area (Å²) in [6, 6.07) is 0. The lowest BCUT2D eigenvalue weighted by Gasteiger charge is -2.07. The van der Waals surface area contributed by atoms with Crippen molar-refractivity contribution in [3.63, 3.8) is 0 Å². The zero-order valence-corrected chi connectivity index (χ0v) is 5.91. The van der Waals surface area contributed by atoms with Gasteiger partial charge in [0.2, 0.25) is 0 Å². The Morgan fingerprint density at radius 2 is 2.40 bits per heavy atom. The topological polar surface area (TPSA) is 30.7 Å². The normalized spacial score (nSPS) is 15.3. The van der Waals surface area contributed by atoms with Gasteiger partial charge >= 0.3 is 0 Å². The first kappa shape index (κ1) is 5.65. The zero-order valence-electron chi connectivity index (χ0n) is 5.91. The van der Waals surface area contributed by atoms with Crippen molar-refractivity contribution in [2.45, 2.75) is 19.9 Å². The summed E-state index contributed by atoms with van der Waals surface area (Å²) in [5.74, 6) is 2.00. The quantitative estimate of drug-likeness (QED) is 0.531. The molecule has 52 valence electrons. The van der Waals surface area contributed by atoms with Crippen molar-refractivity contribution in [2.75, 3.05) is 0 Å². The predicted octanol–water partition coefficient (Wildman–Crippen LogP) is 1.00. The van der Waals surface area contributed by atoms with E-state index in [2.05, 4.69) is 20.8 Å². The van der Waals surface area contributed by atoms with Crippen molar-refractivity contribution < 1.29 is 0 Å². The van der Waals surface area contributed by atoms with E-state index in [0.717, 1.165) is 24.6 Å². The van der Waals surface area contributed by atoms with Crippen molar-refractivity contribution >= 4 is 6.08 Å². The van der Waals surface area contributed by atoms with Crippen LogP contribution in [0.3, 0.4) is 0 Å². The first-order valence-electron chi connectivity index (χ1n) is 3.44. The van der Waals surface area contributed by atoms with Crippen LogP contribution in [0.25, 0.3) is 6.08 Å². The molecule has 0 saturated heterocycles. The van der Waals surface area contributed by atoms with Crippen molar-refractivity contribution in [1.82, 2.24) is 14.8 Å². The minimum absolute atomic E-state index is 0.990. The summed E-state index contributed by atoms with van der Waals surface area (Å²) in [5, 5.41) is 7.94. The van der Waals surface area contributed by atoms with Gasteiger partial charge in [-0.3, -0.25) is 0 Å². The van der Waals surface area contributed by atoms with E-state index in [4.69, 9.17) is 0 Å². The molecule has 0 spiro atoms. The van der Waals surface area contributed by atoms with Crippen LogP contribution >= 0.6 is 0 Å². The molecular weight excluding hydrogens is 126 g/mol. The van der Waals surface area contributed by atoms with E-state index in [0.29, 0.717) is 0 Å². The summed E-state index contributed by atoms with van der Waals surface area (Å²) < 4.78 is 2.12. The third-order valence-electron chi connectivity index (χ3n) is 1.75. The number of aromatic nitrogens is 3. The van der Waals surface area contributed by atoms with Crippen LogP contribution in [-0.2, 0) is 6.54 Å². The fourth-order valence-electron chi connectivity index (χ4n) is 1.19. The summed E-state index contributed by atoms with van der Waals surface area (Å²) in [6.07, 6.45) is 5.25. The van der Waals surface area contributed by atoms with E-state index in [1.165, 1.54) is 0 Å². The monoisotopic (exact) mass is 135 g/mol. The fourth-order valence-corrected chi connectivity index (χ4v) is 1.19. The van der Waals surface area contributed by atoms with Crippen molar-refractivity contribution in [3.05, 3.63) is 17.7 Å². The van der Waals surface area contributed by atoms with Gasteiger partial charge in [-0.05, 0) is 19.4 Å². The zero-order chi connectivity index (χ0) is 6.97. The lowest BCUT2D eigenvalue weighted by atomic mass is 10.3. The van der Waals surface area contributed by atoms with Crippen LogP contribution in [0.2, 0.25) is 0 Å². The molecule has 0 saturated carbocycles. The standard InChI is InChI=1S/C7H9N3/c1-6-8-9-7-4-2-3-5-10(6)7/h2,4H,3,5H2,1H3. The molecule has 1 aromatic heterocycles. The second kappa shape index (κ2) is 1.94. The molecule has 0 radical (unpaired) electrons. The van der Waals surface area contributed by atoms with E-state index < -0.39 is 0 Å². The number of allylic oxidation sites excluding steroid dienone is 1. The van der Waals surface area contributed by atoms with Gasteiger partial charge in [0.15, 0.2) is 5.82 Å². The maximum atomic E-state index is 3.98. The van der Waals surface area contributed by atoms with E-state index in [1.54, 1.807) is 0 Å². The minimum atomic E-state index is 0.990. The highest BCUT2D eigenvalue weighted by Crippen LogP contribution is 2.09. The van der Waals surface area contributed by atoms with Gasteiger partial charge in [0.1, 0.15) is 5.82 Å². The first-order chi connectivity index (χ1) is 4.88. The summed E-state index contributed by atoms with van der Waals surface area (Å²) in [5.41, 5.74) is 0. The molecular formula is C7H9N3. The number of hydrogen-bond donors (Lipinski definition) is 0. The molecule has 0 bridgehead atoms. The lowest BCUT2D eigenvalue weighted by Crippen LogP contribution is -2.04. The summed E-state index contributed by atoms with van der Waals surface area (Å²) in [6.45, 7) is 3.01. The molecule has 1 aliphatic rings. The van der Waals surface area contributed by atoms with Crippen molar-refractivity contribution in [1.29, 1.82) is 0 Å². The number of nitrogens with zero attached hydrogens (tertiary/aromatic N) is 3. The van der Waals surface area contributed by atoms with Gasteiger partial charge in [-0.25, -0.2) is 0 Å². The van der Waals surface area contributed by atoms with Gasteiger partial charge in [0.05, 0.1) is 0 Å². The van der Waals surface area contributed by atoms with Crippen LogP contribution in [-0.4, -0.2) is 14.8 Å². The van der Waals surface area contributed by atoms with E-state index in [1.807, 2.05) is 13.0 Å². The molecule has 3 nitrogen and oxygen atoms in total. The number of rotatable bonds is 0. The van der Waals surface area contributed by atoms with Gasteiger partial charge in [0.25, 0.3) is 0 Å². The fraction of sp³-hybridized carbons (Fsp3) is 0.429. The minimum Gasteiger partial charge on any atom is -0.311 e. The molecule has 0 aromatic carbocycles. The Kier molecular flexibility index (Phi) is 1.09.